The molecule has 0 fully saturated rings. The fourth-order valence-electron chi connectivity index (χ4n) is 2.24. The molecule has 0 bridgehead atoms. The number of hydrogen-bond donors (Lipinski definition) is 2. The van der Waals surface area contributed by atoms with E-state index in [0.717, 1.165) is 31.4 Å². The maximum Gasteiger partial charge on any atom is 0.416 e. The van der Waals surface area contributed by atoms with E-state index in [0.29, 0.717) is 17.9 Å². The summed E-state index contributed by atoms with van der Waals surface area (Å²) < 4.78 is 38.3. The van der Waals surface area contributed by atoms with Gasteiger partial charge >= 0.3 is 6.18 Å². The van der Waals surface area contributed by atoms with Crippen LogP contribution < -0.4 is 10.6 Å². The van der Waals surface area contributed by atoms with E-state index in [2.05, 4.69) is 22.5 Å². The van der Waals surface area contributed by atoms with Crippen LogP contribution in [-0.2, 0) is 6.18 Å². The van der Waals surface area contributed by atoms with E-state index in [1.54, 1.807) is 6.07 Å². The zero-order valence-electron chi connectivity index (χ0n) is 13.9. The molecule has 0 aliphatic rings. The quantitative estimate of drug-likeness (QED) is 0.707. The van der Waals surface area contributed by atoms with Gasteiger partial charge in [0.2, 0.25) is 0 Å². The number of benzene rings is 1. The van der Waals surface area contributed by atoms with Crippen molar-refractivity contribution in [3.05, 3.63) is 53.7 Å². The molecule has 4 nitrogen and oxygen atoms in total. The Labute approximate surface area is 144 Å². The van der Waals surface area contributed by atoms with E-state index < -0.39 is 11.7 Å². The van der Waals surface area contributed by atoms with Gasteiger partial charge in [-0.15, -0.1) is 0 Å². The van der Waals surface area contributed by atoms with Crippen molar-refractivity contribution in [1.29, 1.82) is 0 Å². The summed E-state index contributed by atoms with van der Waals surface area (Å²) >= 11 is 0. The van der Waals surface area contributed by atoms with Crippen LogP contribution in [0.2, 0.25) is 0 Å². The van der Waals surface area contributed by atoms with Crippen LogP contribution in [0.4, 0.5) is 24.7 Å². The third-order valence-corrected chi connectivity index (χ3v) is 3.55. The molecule has 2 rings (SSSR count). The Morgan fingerprint density at radius 2 is 1.96 bits per heavy atom. The Kier molecular flexibility index (Phi) is 6.38. The minimum absolute atomic E-state index is 0.231. The highest BCUT2D eigenvalue weighted by Gasteiger charge is 2.30. The third kappa shape index (κ3) is 5.77. The summed E-state index contributed by atoms with van der Waals surface area (Å²) in [6.45, 7) is 2.67. The van der Waals surface area contributed by atoms with Crippen molar-refractivity contribution in [3.63, 3.8) is 0 Å². The molecule has 2 N–H and O–H groups in total. The molecule has 0 unspecified atom stereocenters. The number of amides is 1. The smallest absolute Gasteiger partial charge is 0.352 e. The summed E-state index contributed by atoms with van der Waals surface area (Å²) in [5.74, 6) is 0.0751. The lowest BCUT2D eigenvalue weighted by Gasteiger charge is -2.11. The number of nitrogens with zero attached hydrogens (tertiary/aromatic N) is 1. The van der Waals surface area contributed by atoms with Crippen molar-refractivity contribution >= 4 is 17.4 Å². The lowest BCUT2D eigenvalue weighted by atomic mass is 10.2. The lowest BCUT2D eigenvalue weighted by molar-refractivity contribution is -0.137. The number of alkyl halides is 3. The zero-order chi connectivity index (χ0) is 18.3. The Morgan fingerprint density at radius 3 is 2.68 bits per heavy atom. The Hall–Kier alpha value is -2.57. The van der Waals surface area contributed by atoms with Gasteiger partial charge in [0.1, 0.15) is 5.82 Å². The van der Waals surface area contributed by atoms with Crippen molar-refractivity contribution in [2.75, 3.05) is 11.9 Å². The molecule has 134 valence electrons. The third-order valence-electron chi connectivity index (χ3n) is 3.55. The Balaban J connectivity index is 2.05. The normalized spacial score (nSPS) is 11.2. The number of unbranched alkanes of at least 4 members (excludes halogenated alkanes) is 2. The van der Waals surface area contributed by atoms with Gasteiger partial charge in [0, 0.05) is 24.0 Å². The summed E-state index contributed by atoms with van der Waals surface area (Å²) in [7, 11) is 0. The average Bonchev–Trinajstić information content (AvgIpc) is 2.58. The topological polar surface area (TPSA) is 54.0 Å². The molecule has 0 saturated carbocycles. The van der Waals surface area contributed by atoms with E-state index >= 15 is 0 Å². The largest absolute Gasteiger partial charge is 0.416 e. The number of carbonyl (C=O) groups excluding carboxylic acids is 1. The molecule has 1 amide bonds. The number of carbonyl (C=O) groups is 1. The highest BCUT2D eigenvalue weighted by molar-refractivity contribution is 5.94. The summed E-state index contributed by atoms with van der Waals surface area (Å²) in [5.41, 5.74) is -0.0916. The number of aromatic nitrogens is 1. The fourth-order valence-corrected chi connectivity index (χ4v) is 2.24. The van der Waals surface area contributed by atoms with Crippen LogP contribution in [0.5, 0.6) is 0 Å². The standard InChI is InChI=1S/C18H20F3N3O/c1-2-3-4-9-23-17(25)13-8-10-22-16(11-13)24-15-7-5-6-14(12-15)18(19,20)21/h5-8,10-12H,2-4,9H2,1H3,(H,22,24)(H,23,25). The second-order valence-corrected chi connectivity index (χ2v) is 5.60. The van der Waals surface area contributed by atoms with E-state index in [-0.39, 0.29) is 11.6 Å². The lowest BCUT2D eigenvalue weighted by Crippen LogP contribution is -2.24. The van der Waals surface area contributed by atoms with E-state index in [9.17, 15) is 18.0 Å². The molecule has 1 aromatic carbocycles. The maximum absolute atomic E-state index is 12.8. The van der Waals surface area contributed by atoms with Gasteiger partial charge in [0.15, 0.2) is 0 Å². The van der Waals surface area contributed by atoms with E-state index in [1.807, 2.05) is 0 Å². The first kappa shape index (κ1) is 18.8. The minimum atomic E-state index is -4.41. The number of anilines is 2. The van der Waals surface area contributed by atoms with Gasteiger partial charge in [0.05, 0.1) is 5.56 Å². The maximum atomic E-state index is 12.8. The number of hydrogen-bond acceptors (Lipinski definition) is 3. The van der Waals surface area contributed by atoms with Crippen molar-refractivity contribution < 1.29 is 18.0 Å². The summed E-state index contributed by atoms with van der Waals surface area (Å²) in [6, 6.07) is 7.89. The van der Waals surface area contributed by atoms with Crippen LogP contribution in [-0.4, -0.2) is 17.4 Å². The molecule has 1 aromatic heterocycles. The molecule has 1 heterocycles. The van der Waals surface area contributed by atoms with Crippen LogP contribution in [0.15, 0.2) is 42.6 Å². The van der Waals surface area contributed by atoms with Crippen LogP contribution in [0.25, 0.3) is 0 Å². The SMILES string of the molecule is CCCCCNC(=O)c1ccnc(Nc2cccc(C(F)(F)F)c2)c1. The van der Waals surface area contributed by atoms with Gasteiger partial charge in [-0.1, -0.05) is 25.8 Å². The predicted octanol–water partition coefficient (Wildman–Crippen LogP) is 4.76. The van der Waals surface area contributed by atoms with Crippen molar-refractivity contribution in [3.8, 4) is 0 Å². The molecular formula is C18H20F3N3O. The molecule has 0 aliphatic heterocycles. The minimum Gasteiger partial charge on any atom is -0.352 e. The molecule has 25 heavy (non-hydrogen) atoms. The highest BCUT2D eigenvalue weighted by atomic mass is 19.4. The molecule has 0 atom stereocenters. The van der Waals surface area contributed by atoms with E-state index in [1.165, 1.54) is 24.4 Å². The summed E-state index contributed by atoms with van der Waals surface area (Å²) in [6.07, 6.45) is 0.0417. The molecule has 2 aromatic rings. The van der Waals surface area contributed by atoms with Crippen LogP contribution in [0.1, 0.15) is 42.1 Å². The Bertz CT molecular complexity index is 717. The first-order chi connectivity index (χ1) is 11.9. The average molecular weight is 351 g/mol. The van der Waals surface area contributed by atoms with E-state index in [4.69, 9.17) is 0 Å². The van der Waals surface area contributed by atoms with Gasteiger partial charge in [-0.2, -0.15) is 13.2 Å². The molecule has 0 saturated heterocycles. The number of pyridine rings is 1. The highest BCUT2D eigenvalue weighted by Crippen LogP contribution is 2.31. The van der Waals surface area contributed by atoms with Crippen molar-refractivity contribution in [1.82, 2.24) is 10.3 Å². The molecule has 0 spiro atoms. The molecule has 0 radical (unpaired) electrons. The number of halogens is 3. The Morgan fingerprint density at radius 1 is 1.16 bits per heavy atom. The summed E-state index contributed by atoms with van der Waals surface area (Å²) in [5, 5.41) is 5.61. The van der Waals surface area contributed by atoms with Gasteiger partial charge in [-0.25, -0.2) is 4.98 Å². The summed E-state index contributed by atoms with van der Waals surface area (Å²) in [4.78, 5) is 16.1. The van der Waals surface area contributed by atoms with Gasteiger partial charge in [-0.3, -0.25) is 4.79 Å². The van der Waals surface area contributed by atoms with Gasteiger partial charge in [-0.05, 0) is 36.8 Å². The van der Waals surface area contributed by atoms with Crippen molar-refractivity contribution in [2.24, 2.45) is 0 Å². The predicted molar refractivity (Wildman–Crippen MR) is 90.8 cm³/mol. The first-order valence-corrected chi connectivity index (χ1v) is 8.08. The van der Waals surface area contributed by atoms with Gasteiger partial charge < -0.3 is 10.6 Å². The second-order valence-electron chi connectivity index (χ2n) is 5.60. The second kappa shape index (κ2) is 8.50. The molecule has 0 aliphatic carbocycles. The number of nitrogens with one attached hydrogen (secondary N) is 2. The van der Waals surface area contributed by atoms with Crippen LogP contribution >= 0.6 is 0 Å². The van der Waals surface area contributed by atoms with Gasteiger partial charge in [0.25, 0.3) is 5.91 Å². The van der Waals surface area contributed by atoms with Crippen LogP contribution in [0, 0.1) is 0 Å². The first-order valence-electron chi connectivity index (χ1n) is 8.08. The molecule has 7 heteroatoms. The van der Waals surface area contributed by atoms with Crippen LogP contribution in [0.3, 0.4) is 0 Å². The monoisotopic (exact) mass is 351 g/mol. The number of rotatable bonds is 7. The molecular weight excluding hydrogens is 331 g/mol. The fraction of sp³-hybridized carbons (Fsp3) is 0.333. The van der Waals surface area contributed by atoms with Crippen molar-refractivity contribution in [2.45, 2.75) is 32.4 Å². The zero-order valence-corrected chi connectivity index (χ0v) is 13.9.